The third-order valence-electron chi connectivity index (χ3n) is 8.42. The molecule has 1 aliphatic rings. The molecule has 1 aliphatic carbocycles. The van der Waals surface area contributed by atoms with Gasteiger partial charge in [0.15, 0.2) is 5.58 Å². The van der Waals surface area contributed by atoms with Crippen LogP contribution in [-0.2, 0) is 5.41 Å². The van der Waals surface area contributed by atoms with Crippen LogP contribution >= 0.6 is 0 Å². The predicted octanol–water partition coefficient (Wildman–Crippen LogP) is 10.5. The first-order valence-electron chi connectivity index (χ1n) is 13.5. The smallest absolute Gasteiger partial charge is 0.159 e. The van der Waals surface area contributed by atoms with Gasteiger partial charge in [-0.3, -0.25) is 0 Å². The summed E-state index contributed by atoms with van der Waals surface area (Å²) in [6.07, 6.45) is 0. The molecule has 0 fully saturated rings. The number of rotatable bonds is 3. The molecule has 1 aromatic heterocycles. The average molecular weight is 502 g/mol. The van der Waals surface area contributed by atoms with E-state index in [4.69, 9.17) is 4.42 Å². The van der Waals surface area contributed by atoms with Gasteiger partial charge in [0, 0.05) is 27.6 Å². The van der Waals surface area contributed by atoms with Crippen LogP contribution in [0.1, 0.15) is 25.0 Å². The third kappa shape index (κ3) is 3.21. The lowest BCUT2D eigenvalue weighted by Gasteiger charge is -2.28. The summed E-state index contributed by atoms with van der Waals surface area (Å²) < 4.78 is 6.66. The van der Waals surface area contributed by atoms with Crippen molar-refractivity contribution in [2.24, 2.45) is 0 Å². The zero-order chi connectivity index (χ0) is 26.1. The zero-order valence-electron chi connectivity index (χ0n) is 22.0. The molecular weight excluding hydrogens is 474 g/mol. The topological polar surface area (TPSA) is 16.4 Å². The number of fused-ring (bicyclic) bond motifs is 7. The molecular formula is C37H27NO. The summed E-state index contributed by atoms with van der Waals surface area (Å²) in [6, 6.07) is 45.7. The number of furan rings is 1. The van der Waals surface area contributed by atoms with Crippen LogP contribution in [0.3, 0.4) is 0 Å². The second-order valence-corrected chi connectivity index (χ2v) is 11.0. The fourth-order valence-corrected chi connectivity index (χ4v) is 6.48. The highest BCUT2D eigenvalue weighted by molar-refractivity contribution is 6.13. The Morgan fingerprint density at radius 2 is 1.26 bits per heavy atom. The van der Waals surface area contributed by atoms with Crippen LogP contribution in [0.15, 0.2) is 132 Å². The maximum absolute atomic E-state index is 6.66. The summed E-state index contributed by atoms with van der Waals surface area (Å²) in [5, 5.41) is 4.68. The summed E-state index contributed by atoms with van der Waals surface area (Å²) in [5.74, 6) is 0. The number of para-hydroxylation sites is 2. The van der Waals surface area contributed by atoms with Crippen molar-refractivity contribution >= 4 is 49.8 Å². The van der Waals surface area contributed by atoms with Crippen LogP contribution in [0.25, 0.3) is 43.8 Å². The van der Waals surface area contributed by atoms with Gasteiger partial charge in [-0.25, -0.2) is 0 Å². The number of nitrogens with zero attached hydrogens (tertiary/aromatic N) is 1. The lowest BCUT2D eigenvalue weighted by molar-refractivity contribution is 0.660. The summed E-state index contributed by atoms with van der Waals surface area (Å²) >= 11 is 0. The zero-order valence-corrected chi connectivity index (χ0v) is 22.0. The molecule has 7 aromatic rings. The first-order chi connectivity index (χ1) is 19.1. The molecule has 0 amide bonds. The van der Waals surface area contributed by atoms with Crippen molar-refractivity contribution in [2.75, 3.05) is 4.90 Å². The lowest BCUT2D eigenvalue weighted by Crippen LogP contribution is -2.16. The first kappa shape index (κ1) is 22.2. The van der Waals surface area contributed by atoms with E-state index in [0.29, 0.717) is 0 Å². The Labute approximate surface area is 227 Å². The Bertz CT molecular complexity index is 2050. The predicted molar refractivity (Wildman–Crippen MR) is 163 cm³/mol. The average Bonchev–Trinajstić information content (AvgIpc) is 3.45. The number of benzene rings is 6. The molecule has 1 heterocycles. The molecule has 8 rings (SSSR count). The molecule has 2 nitrogen and oxygen atoms in total. The summed E-state index contributed by atoms with van der Waals surface area (Å²) in [4.78, 5) is 2.34. The summed E-state index contributed by atoms with van der Waals surface area (Å²) in [7, 11) is 0. The van der Waals surface area contributed by atoms with Gasteiger partial charge in [0.25, 0.3) is 0 Å². The monoisotopic (exact) mass is 501 g/mol. The van der Waals surface area contributed by atoms with E-state index in [1.165, 1.54) is 33.0 Å². The minimum atomic E-state index is -0.0736. The van der Waals surface area contributed by atoms with E-state index in [0.717, 1.165) is 39.0 Å². The standard InChI is InChI=1S/C37H27NO/c1-37(2)32-17-9-8-15-28(32)29-20-19-27(23-33(29)37)38(26-13-4-3-5-14-26)34-18-10-16-30-31-21-24-11-6-7-12-25(24)22-35(31)39-36(30)34/h3-23H,1-2H3. The second kappa shape index (κ2) is 8.09. The van der Waals surface area contributed by atoms with Crippen molar-refractivity contribution in [3.63, 3.8) is 0 Å². The van der Waals surface area contributed by atoms with Crippen LogP contribution in [0.4, 0.5) is 17.1 Å². The van der Waals surface area contributed by atoms with Crippen LogP contribution < -0.4 is 4.90 Å². The van der Waals surface area contributed by atoms with Gasteiger partial charge < -0.3 is 9.32 Å². The van der Waals surface area contributed by atoms with Gasteiger partial charge in [-0.05, 0) is 75.5 Å². The maximum Gasteiger partial charge on any atom is 0.159 e. The fourth-order valence-electron chi connectivity index (χ4n) is 6.48. The van der Waals surface area contributed by atoms with Crippen LogP contribution in [0.5, 0.6) is 0 Å². The first-order valence-corrected chi connectivity index (χ1v) is 13.5. The van der Waals surface area contributed by atoms with E-state index in [9.17, 15) is 0 Å². The second-order valence-electron chi connectivity index (χ2n) is 11.0. The Kier molecular flexibility index (Phi) is 4.60. The van der Waals surface area contributed by atoms with E-state index in [1.807, 2.05) is 0 Å². The number of hydrogen-bond donors (Lipinski definition) is 0. The van der Waals surface area contributed by atoms with Gasteiger partial charge in [-0.2, -0.15) is 0 Å². The molecule has 2 heteroatoms. The molecule has 186 valence electrons. The Hall–Kier alpha value is -4.82. The molecule has 0 bridgehead atoms. The molecule has 0 radical (unpaired) electrons. The van der Waals surface area contributed by atoms with E-state index < -0.39 is 0 Å². The lowest BCUT2D eigenvalue weighted by atomic mass is 9.82. The van der Waals surface area contributed by atoms with Gasteiger partial charge in [-0.15, -0.1) is 0 Å². The molecule has 0 saturated heterocycles. The highest BCUT2D eigenvalue weighted by Gasteiger charge is 2.35. The van der Waals surface area contributed by atoms with E-state index >= 15 is 0 Å². The normalized spacial score (nSPS) is 13.6. The van der Waals surface area contributed by atoms with Crippen molar-refractivity contribution in [3.05, 3.63) is 139 Å². The van der Waals surface area contributed by atoms with Crippen molar-refractivity contribution in [2.45, 2.75) is 19.3 Å². The Balaban J connectivity index is 1.38. The highest BCUT2D eigenvalue weighted by Crippen LogP contribution is 2.51. The van der Waals surface area contributed by atoms with Gasteiger partial charge in [-0.1, -0.05) is 98.8 Å². The molecule has 0 saturated carbocycles. The molecule has 39 heavy (non-hydrogen) atoms. The minimum absolute atomic E-state index is 0.0736. The summed E-state index contributed by atoms with van der Waals surface area (Å²) in [6.45, 7) is 4.66. The van der Waals surface area contributed by atoms with Crippen molar-refractivity contribution in [1.82, 2.24) is 0 Å². The van der Waals surface area contributed by atoms with Crippen LogP contribution in [-0.4, -0.2) is 0 Å². The SMILES string of the molecule is CC1(C)c2ccccc2-c2ccc(N(c3ccccc3)c3cccc4c3oc3cc5ccccc5cc34)cc21. The molecule has 0 N–H and O–H groups in total. The summed E-state index contributed by atoms with van der Waals surface area (Å²) in [5.41, 5.74) is 10.4. The number of anilines is 3. The minimum Gasteiger partial charge on any atom is -0.454 e. The molecule has 0 unspecified atom stereocenters. The molecule has 0 spiro atoms. The van der Waals surface area contributed by atoms with Gasteiger partial charge in [0.2, 0.25) is 0 Å². The fraction of sp³-hybridized carbons (Fsp3) is 0.0811. The van der Waals surface area contributed by atoms with Crippen LogP contribution in [0.2, 0.25) is 0 Å². The highest BCUT2D eigenvalue weighted by atomic mass is 16.3. The van der Waals surface area contributed by atoms with Gasteiger partial charge in [0.05, 0.1) is 5.69 Å². The maximum atomic E-state index is 6.66. The van der Waals surface area contributed by atoms with Crippen molar-refractivity contribution < 1.29 is 4.42 Å². The third-order valence-corrected chi connectivity index (χ3v) is 8.42. The van der Waals surface area contributed by atoms with Crippen LogP contribution in [0, 0.1) is 0 Å². The van der Waals surface area contributed by atoms with Crippen molar-refractivity contribution in [1.29, 1.82) is 0 Å². The van der Waals surface area contributed by atoms with Gasteiger partial charge >= 0.3 is 0 Å². The molecule has 6 aromatic carbocycles. The van der Waals surface area contributed by atoms with Crippen molar-refractivity contribution in [3.8, 4) is 11.1 Å². The van der Waals surface area contributed by atoms with E-state index in [1.54, 1.807) is 0 Å². The van der Waals surface area contributed by atoms with E-state index in [-0.39, 0.29) is 5.41 Å². The number of hydrogen-bond acceptors (Lipinski definition) is 2. The Morgan fingerprint density at radius 3 is 2.10 bits per heavy atom. The Morgan fingerprint density at radius 1 is 0.538 bits per heavy atom. The largest absolute Gasteiger partial charge is 0.454 e. The quantitative estimate of drug-likeness (QED) is 0.239. The molecule has 0 aliphatic heterocycles. The van der Waals surface area contributed by atoms with Gasteiger partial charge in [0.1, 0.15) is 5.58 Å². The van der Waals surface area contributed by atoms with E-state index in [2.05, 4.69) is 146 Å². The molecule has 0 atom stereocenters.